The van der Waals surface area contributed by atoms with Crippen molar-refractivity contribution >= 4 is 17.5 Å². The van der Waals surface area contributed by atoms with E-state index in [0.29, 0.717) is 11.3 Å². The normalized spacial score (nSPS) is 10.3. The van der Waals surface area contributed by atoms with Crippen LogP contribution in [0.4, 0.5) is 0 Å². The summed E-state index contributed by atoms with van der Waals surface area (Å²) in [5.41, 5.74) is 1.32. The molecule has 5 heteroatoms. The number of rotatable bonds is 4. The molecule has 1 aromatic carbocycles. The fraction of sp³-hybridized carbons (Fsp3) is 0.154. The Labute approximate surface area is 109 Å². The van der Waals surface area contributed by atoms with Crippen molar-refractivity contribution in [2.75, 3.05) is 0 Å². The molecule has 2 aromatic rings. The molecule has 0 amide bonds. The van der Waals surface area contributed by atoms with Crippen LogP contribution in [0.5, 0.6) is 5.75 Å². The lowest BCUT2D eigenvalue weighted by molar-refractivity contribution is 0.101. The van der Waals surface area contributed by atoms with Gasteiger partial charge in [-0.15, -0.1) is 0 Å². The summed E-state index contributed by atoms with van der Waals surface area (Å²) in [4.78, 5) is 19.4. The number of hydrogen-bond acceptors (Lipinski definition) is 5. The topological polar surface area (TPSA) is 63.1 Å². The van der Waals surface area contributed by atoms with Crippen molar-refractivity contribution in [1.29, 1.82) is 0 Å². The Morgan fingerprint density at radius 1 is 1.39 bits per heavy atom. The number of carbonyl (C=O) groups is 1. The summed E-state index contributed by atoms with van der Waals surface area (Å²) < 4.78 is 0. The third kappa shape index (κ3) is 3.07. The number of aromatic hydroxyl groups is 1. The molecule has 18 heavy (non-hydrogen) atoms. The van der Waals surface area contributed by atoms with E-state index in [0.717, 1.165) is 10.6 Å². The lowest BCUT2D eigenvalue weighted by atomic mass is 10.1. The number of phenols is 1. The zero-order chi connectivity index (χ0) is 13.0. The van der Waals surface area contributed by atoms with Crippen LogP contribution < -0.4 is 0 Å². The Kier molecular flexibility index (Phi) is 3.94. The molecule has 0 atom stereocenters. The van der Waals surface area contributed by atoms with Crippen LogP contribution in [0, 0.1) is 0 Å². The standard InChI is InChI=1S/C13H12N2O2S/c1-9(16)10-2-3-12(17)11(6-10)8-18-13-7-14-4-5-15-13/h2-7,17H,8H2,1H3. The summed E-state index contributed by atoms with van der Waals surface area (Å²) >= 11 is 1.46. The summed E-state index contributed by atoms with van der Waals surface area (Å²) in [6, 6.07) is 4.87. The summed E-state index contributed by atoms with van der Waals surface area (Å²) in [5, 5.41) is 10.5. The van der Waals surface area contributed by atoms with Gasteiger partial charge in [-0.05, 0) is 25.1 Å². The monoisotopic (exact) mass is 260 g/mol. The Bertz CT molecular complexity index is 558. The fourth-order valence-electron chi connectivity index (χ4n) is 1.43. The lowest BCUT2D eigenvalue weighted by Crippen LogP contribution is -1.94. The van der Waals surface area contributed by atoms with Gasteiger partial charge in [0.2, 0.25) is 0 Å². The van der Waals surface area contributed by atoms with Crippen molar-refractivity contribution in [3.63, 3.8) is 0 Å². The molecule has 0 radical (unpaired) electrons. The van der Waals surface area contributed by atoms with Crippen LogP contribution in [0.2, 0.25) is 0 Å². The predicted octanol–water partition coefficient (Wildman–Crippen LogP) is 2.68. The fourth-order valence-corrected chi connectivity index (χ4v) is 2.24. The highest BCUT2D eigenvalue weighted by Gasteiger charge is 2.07. The zero-order valence-corrected chi connectivity index (χ0v) is 10.6. The molecule has 0 aliphatic heterocycles. The Balaban J connectivity index is 2.14. The average molecular weight is 260 g/mol. The molecule has 0 aliphatic rings. The van der Waals surface area contributed by atoms with E-state index in [4.69, 9.17) is 0 Å². The Hall–Kier alpha value is -1.88. The van der Waals surface area contributed by atoms with Gasteiger partial charge in [-0.1, -0.05) is 11.8 Å². The van der Waals surface area contributed by atoms with Gasteiger partial charge in [0.1, 0.15) is 10.8 Å². The van der Waals surface area contributed by atoms with E-state index in [2.05, 4.69) is 9.97 Å². The van der Waals surface area contributed by atoms with Gasteiger partial charge >= 0.3 is 0 Å². The number of Topliss-reactive ketones (excluding diaryl/α,β-unsaturated/α-hetero) is 1. The maximum Gasteiger partial charge on any atom is 0.159 e. The molecule has 1 aromatic heterocycles. The highest BCUT2D eigenvalue weighted by Crippen LogP contribution is 2.26. The molecule has 92 valence electrons. The predicted molar refractivity (Wildman–Crippen MR) is 69.7 cm³/mol. The second-order valence-electron chi connectivity index (χ2n) is 3.73. The van der Waals surface area contributed by atoms with Crippen molar-refractivity contribution in [2.45, 2.75) is 17.7 Å². The summed E-state index contributed by atoms with van der Waals surface area (Å²) in [6.45, 7) is 1.51. The van der Waals surface area contributed by atoms with Crippen LogP contribution in [-0.2, 0) is 5.75 Å². The molecular formula is C13H12N2O2S. The molecule has 0 saturated carbocycles. The molecule has 4 nitrogen and oxygen atoms in total. The molecule has 1 N–H and O–H groups in total. The second kappa shape index (κ2) is 5.64. The Morgan fingerprint density at radius 2 is 2.22 bits per heavy atom. The van der Waals surface area contributed by atoms with Gasteiger partial charge < -0.3 is 5.11 Å². The van der Waals surface area contributed by atoms with Gasteiger partial charge in [0.05, 0.1) is 6.20 Å². The molecule has 2 rings (SSSR count). The first-order valence-electron chi connectivity index (χ1n) is 5.38. The largest absolute Gasteiger partial charge is 0.508 e. The number of phenolic OH excluding ortho intramolecular Hbond substituents is 1. The highest BCUT2D eigenvalue weighted by atomic mass is 32.2. The molecule has 0 spiro atoms. The van der Waals surface area contributed by atoms with Gasteiger partial charge in [-0.2, -0.15) is 0 Å². The molecule has 0 saturated heterocycles. The first-order chi connectivity index (χ1) is 8.66. The van der Waals surface area contributed by atoms with Gasteiger partial charge in [0.15, 0.2) is 5.78 Å². The van der Waals surface area contributed by atoms with Gasteiger partial charge in [0, 0.05) is 29.3 Å². The number of benzene rings is 1. The summed E-state index contributed by atoms with van der Waals surface area (Å²) in [5.74, 6) is 0.725. The third-order valence-corrected chi connectivity index (χ3v) is 3.36. The van der Waals surface area contributed by atoms with Crippen LogP contribution >= 0.6 is 11.8 Å². The number of thioether (sulfide) groups is 1. The molecule has 0 unspecified atom stereocenters. The summed E-state index contributed by atoms with van der Waals surface area (Å²) in [7, 11) is 0. The van der Waals surface area contributed by atoms with Crippen LogP contribution in [0.25, 0.3) is 0 Å². The Morgan fingerprint density at radius 3 is 2.89 bits per heavy atom. The SMILES string of the molecule is CC(=O)c1ccc(O)c(CSc2cnccn2)c1. The molecular weight excluding hydrogens is 248 g/mol. The molecule has 0 bridgehead atoms. The summed E-state index contributed by atoms with van der Waals surface area (Å²) in [6.07, 6.45) is 4.89. The first-order valence-corrected chi connectivity index (χ1v) is 6.37. The smallest absolute Gasteiger partial charge is 0.159 e. The molecule has 0 fully saturated rings. The van der Waals surface area contributed by atoms with Crippen molar-refractivity contribution in [3.05, 3.63) is 47.9 Å². The van der Waals surface area contributed by atoms with Gasteiger partial charge in [-0.3, -0.25) is 9.78 Å². The van der Waals surface area contributed by atoms with Crippen molar-refractivity contribution in [2.24, 2.45) is 0 Å². The number of carbonyl (C=O) groups excluding carboxylic acids is 1. The molecule has 0 aliphatic carbocycles. The lowest BCUT2D eigenvalue weighted by Gasteiger charge is -2.05. The van der Waals surface area contributed by atoms with Gasteiger partial charge in [-0.25, -0.2) is 4.98 Å². The second-order valence-corrected chi connectivity index (χ2v) is 4.73. The minimum absolute atomic E-state index is 0.0132. The first kappa shape index (κ1) is 12.6. The number of ketones is 1. The van der Waals surface area contributed by atoms with E-state index in [9.17, 15) is 9.90 Å². The van der Waals surface area contributed by atoms with E-state index in [1.807, 2.05) is 0 Å². The maximum absolute atomic E-state index is 11.3. The number of hydrogen-bond donors (Lipinski definition) is 1. The molecule has 1 heterocycles. The number of aromatic nitrogens is 2. The van der Waals surface area contributed by atoms with E-state index < -0.39 is 0 Å². The van der Waals surface area contributed by atoms with Crippen molar-refractivity contribution in [3.8, 4) is 5.75 Å². The quantitative estimate of drug-likeness (QED) is 0.676. The van der Waals surface area contributed by atoms with Gasteiger partial charge in [0.25, 0.3) is 0 Å². The van der Waals surface area contributed by atoms with E-state index in [-0.39, 0.29) is 11.5 Å². The van der Waals surface area contributed by atoms with E-state index in [1.54, 1.807) is 36.8 Å². The van der Waals surface area contributed by atoms with Crippen LogP contribution in [0.1, 0.15) is 22.8 Å². The maximum atomic E-state index is 11.3. The van der Waals surface area contributed by atoms with E-state index >= 15 is 0 Å². The highest BCUT2D eigenvalue weighted by molar-refractivity contribution is 7.98. The van der Waals surface area contributed by atoms with Crippen LogP contribution in [-0.4, -0.2) is 20.9 Å². The number of nitrogens with zero attached hydrogens (tertiary/aromatic N) is 2. The van der Waals surface area contributed by atoms with Crippen LogP contribution in [0.15, 0.2) is 41.8 Å². The van der Waals surface area contributed by atoms with Crippen molar-refractivity contribution < 1.29 is 9.90 Å². The minimum atomic E-state index is -0.0132. The third-order valence-electron chi connectivity index (χ3n) is 2.40. The van der Waals surface area contributed by atoms with Crippen molar-refractivity contribution in [1.82, 2.24) is 9.97 Å². The van der Waals surface area contributed by atoms with Crippen LogP contribution in [0.3, 0.4) is 0 Å². The zero-order valence-electron chi connectivity index (χ0n) is 9.83. The minimum Gasteiger partial charge on any atom is -0.508 e. The average Bonchev–Trinajstić information content (AvgIpc) is 2.38. The van der Waals surface area contributed by atoms with E-state index in [1.165, 1.54) is 18.7 Å².